The number of nitrogens with zero attached hydrogens (tertiary/aromatic N) is 1. The predicted molar refractivity (Wildman–Crippen MR) is 171 cm³/mol. The predicted octanol–water partition coefficient (Wildman–Crippen LogP) is 6.22. The summed E-state index contributed by atoms with van der Waals surface area (Å²) in [5, 5.41) is 12.1. The standard InChI is InChI=1S/C35H34BrFN2O5/c1-42-30-8-4-7-27(22-30)32-35(23-24-10-14-28(36)15-11-24,34(41)38-19-18-25-6-2-3-9-31(25)37)39-33(44-32)26-12-16-29(17-13-26)43-21-5-20-40/h2-4,6-17,22,32,40H,5,18-21,23H2,1H3,(H,38,41)/t32-,35-/m1/s1. The Morgan fingerprint density at radius 2 is 1.80 bits per heavy atom. The molecule has 9 heteroatoms. The number of halogens is 2. The fraction of sp³-hybridized carbons (Fsp3) is 0.257. The number of hydrogen-bond donors (Lipinski definition) is 2. The Hall–Kier alpha value is -4.21. The SMILES string of the molecule is COc1cccc([C@H]2OC(c3ccc(OCCCO)cc3)=N[C@@]2(Cc2ccc(Br)cc2)C(=O)NCCc2ccccc2F)c1. The molecule has 7 nitrogen and oxygen atoms in total. The molecule has 2 atom stereocenters. The summed E-state index contributed by atoms with van der Waals surface area (Å²) in [5.41, 5.74) is 1.44. The Morgan fingerprint density at radius 1 is 1.02 bits per heavy atom. The second kappa shape index (κ2) is 14.5. The Bertz CT molecular complexity index is 1600. The van der Waals surface area contributed by atoms with Crippen LogP contribution in [0.15, 0.2) is 107 Å². The van der Waals surface area contributed by atoms with E-state index in [1.165, 1.54) is 6.07 Å². The Kier molecular flexibility index (Phi) is 10.3. The third-order valence-corrected chi connectivity index (χ3v) is 7.98. The molecule has 0 aliphatic carbocycles. The number of aliphatic imine (C=N–C) groups is 1. The van der Waals surface area contributed by atoms with Crippen molar-refractivity contribution in [3.8, 4) is 11.5 Å². The first-order valence-electron chi connectivity index (χ1n) is 14.4. The van der Waals surface area contributed by atoms with Gasteiger partial charge in [0.1, 0.15) is 17.3 Å². The quantitative estimate of drug-likeness (QED) is 0.166. The van der Waals surface area contributed by atoms with Crippen molar-refractivity contribution in [2.24, 2.45) is 4.99 Å². The van der Waals surface area contributed by atoms with Gasteiger partial charge in [0, 0.05) is 36.0 Å². The molecule has 0 saturated heterocycles. The van der Waals surface area contributed by atoms with Gasteiger partial charge in [-0.15, -0.1) is 0 Å². The maximum absolute atomic E-state index is 14.4. The number of rotatable bonds is 13. The van der Waals surface area contributed by atoms with E-state index in [9.17, 15) is 9.18 Å². The fourth-order valence-corrected chi connectivity index (χ4v) is 5.43. The van der Waals surface area contributed by atoms with Crippen molar-refractivity contribution in [3.63, 3.8) is 0 Å². The minimum atomic E-state index is -1.39. The fourth-order valence-electron chi connectivity index (χ4n) is 5.17. The van der Waals surface area contributed by atoms with E-state index in [1.807, 2.05) is 72.8 Å². The van der Waals surface area contributed by atoms with Gasteiger partial charge in [-0.05, 0) is 77.7 Å². The molecule has 0 saturated carbocycles. The summed E-state index contributed by atoms with van der Waals surface area (Å²) in [7, 11) is 1.59. The van der Waals surface area contributed by atoms with Crippen LogP contribution in [0.1, 0.15) is 34.8 Å². The molecule has 2 N–H and O–H groups in total. The summed E-state index contributed by atoms with van der Waals surface area (Å²) in [6, 6.07) is 29.0. The van der Waals surface area contributed by atoms with Gasteiger partial charge in [0.15, 0.2) is 11.6 Å². The first kappa shape index (κ1) is 31.2. The lowest BCUT2D eigenvalue weighted by atomic mass is 9.82. The van der Waals surface area contributed by atoms with Crippen molar-refractivity contribution in [1.82, 2.24) is 5.32 Å². The molecule has 0 spiro atoms. The van der Waals surface area contributed by atoms with E-state index in [-0.39, 0.29) is 31.3 Å². The number of hydrogen-bond acceptors (Lipinski definition) is 6. The van der Waals surface area contributed by atoms with Gasteiger partial charge >= 0.3 is 0 Å². The lowest BCUT2D eigenvalue weighted by Gasteiger charge is -2.31. The summed E-state index contributed by atoms with van der Waals surface area (Å²) in [4.78, 5) is 19.4. The zero-order valence-electron chi connectivity index (χ0n) is 24.3. The van der Waals surface area contributed by atoms with Crippen LogP contribution in [0, 0.1) is 5.82 Å². The summed E-state index contributed by atoms with van der Waals surface area (Å²) in [6.07, 6.45) is 0.320. The number of aliphatic hydroxyl groups is 1. The number of carbonyl (C=O) groups excluding carboxylic acids is 1. The second-order valence-electron chi connectivity index (χ2n) is 10.5. The average Bonchev–Trinajstić information content (AvgIpc) is 3.44. The normalized spacial score (nSPS) is 17.5. The van der Waals surface area contributed by atoms with Crippen LogP contribution in [0.2, 0.25) is 0 Å². The van der Waals surface area contributed by atoms with E-state index in [2.05, 4.69) is 21.2 Å². The van der Waals surface area contributed by atoms with E-state index in [1.54, 1.807) is 25.3 Å². The summed E-state index contributed by atoms with van der Waals surface area (Å²) in [5.74, 6) is 0.956. The van der Waals surface area contributed by atoms with E-state index in [0.717, 1.165) is 15.6 Å². The van der Waals surface area contributed by atoms with E-state index >= 15 is 0 Å². The van der Waals surface area contributed by atoms with Crippen LogP contribution < -0.4 is 14.8 Å². The molecule has 228 valence electrons. The number of amides is 1. The number of ether oxygens (including phenoxy) is 3. The maximum atomic E-state index is 14.4. The molecular formula is C35H34BrFN2O5. The minimum absolute atomic E-state index is 0.0528. The Labute approximate surface area is 264 Å². The van der Waals surface area contributed by atoms with Crippen LogP contribution in [0.4, 0.5) is 4.39 Å². The van der Waals surface area contributed by atoms with Crippen molar-refractivity contribution < 1.29 is 28.5 Å². The zero-order valence-corrected chi connectivity index (χ0v) is 25.9. The van der Waals surface area contributed by atoms with Crippen LogP contribution in [0.3, 0.4) is 0 Å². The topological polar surface area (TPSA) is 89.4 Å². The molecule has 1 aliphatic rings. The van der Waals surface area contributed by atoms with Crippen molar-refractivity contribution >= 4 is 27.7 Å². The molecule has 0 unspecified atom stereocenters. The lowest BCUT2D eigenvalue weighted by Crippen LogP contribution is -2.50. The van der Waals surface area contributed by atoms with Gasteiger partial charge in [-0.25, -0.2) is 9.38 Å². The molecule has 5 rings (SSSR count). The largest absolute Gasteiger partial charge is 0.497 e. The highest BCUT2D eigenvalue weighted by Crippen LogP contribution is 2.43. The van der Waals surface area contributed by atoms with E-state index < -0.39 is 11.6 Å². The molecule has 0 radical (unpaired) electrons. The maximum Gasteiger partial charge on any atom is 0.252 e. The highest BCUT2D eigenvalue weighted by Gasteiger charge is 2.53. The summed E-state index contributed by atoms with van der Waals surface area (Å²) in [6.45, 7) is 0.670. The van der Waals surface area contributed by atoms with Crippen molar-refractivity contribution in [3.05, 3.63) is 130 Å². The average molecular weight is 662 g/mol. The van der Waals surface area contributed by atoms with Gasteiger partial charge < -0.3 is 24.6 Å². The molecule has 0 fully saturated rings. The van der Waals surface area contributed by atoms with Crippen molar-refractivity contribution in [1.29, 1.82) is 0 Å². The molecule has 0 bridgehead atoms. The third-order valence-electron chi connectivity index (χ3n) is 7.45. The van der Waals surface area contributed by atoms with Gasteiger partial charge in [0.05, 0.1) is 13.7 Å². The third kappa shape index (κ3) is 7.29. The number of nitrogens with one attached hydrogen (secondary N) is 1. The van der Waals surface area contributed by atoms with Crippen molar-refractivity contribution in [2.45, 2.75) is 30.9 Å². The van der Waals surface area contributed by atoms with Gasteiger partial charge in [-0.1, -0.05) is 58.4 Å². The highest BCUT2D eigenvalue weighted by atomic mass is 79.9. The monoisotopic (exact) mass is 660 g/mol. The molecule has 1 heterocycles. The van der Waals surface area contributed by atoms with Gasteiger partial charge in [0.2, 0.25) is 5.90 Å². The van der Waals surface area contributed by atoms with Crippen LogP contribution in [0.5, 0.6) is 11.5 Å². The summed E-state index contributed by atoms with van der Waals surface area (Å²) >= 11 is 3.49. The van der Waals surface area contributed by atoms with E-state index in [0.29, 0.717) is 48.0 Å². The lowest BCUT2D eigenvalue weighted by molar-refractivity contribution is -0.128. The molecular weight excluding hydrogens is 627 g/mol. The van der Waals surface area contributed by atoms with Crippen LogP contribution in [0.25, 0.3) is 0 Å². The molecule has 4 aromatic rings. The first-order valence-corrected chi connectivity index (χ1v) is 15.2. The zero-order chi connectivity index (χ0) is 30.9. The van der Waals surface area contributed by atoms with Crippen LogP contribution in [-0.2, 0) is 22.4 Å². The summed E-state index contributed by atoms with van der Waals surface area (Å²) < 4.78 is 33.0. The van der Waals surface area contributed by atoms with Gasteiger partial charge in [-0.3, -0.25) is 4.79 Å². The Morgan fingerprint density at radius 3 is 2.52 bits per heavy atom. The number of benzene rings is 4. The smallest absolute Gasteiger partial charge is 0.252 e. The number of methoxy groups -OCH3 is 1. The van der Waals surface area contributed by atoms with Gasteiger partial charge in [-0.2, -0.15) is 0 Å². The first-order chi connectivity index (χ1) is 21.4. The van der Waals surface area contributed by atoms with Crippen LogP contribution in [-0.4, -0.2) is 49.3 Å². The van der Waals surface area contributed by atoms with Crippen molar-refractivity contribution in [2.75, 3.05) is 26.9 Å². The van der Waals surface area contributed by atoms with E-state index in [4.69, 9.17) is 24.3 Å². The molecule has 1 amide bonds. The van der Waals surface area contributed by atoms with Crippen LogP contribution >= 0.6 is 15.9 Å². The molecule has 44 heavy (non-hydrogen) atoms. The second-order valence-corrected chi connectivity index (χ2v) is 11.4. The Balaban J connectivity index is 1.53. The number of aliphatic hydroxyl groups excluding tert-OH is 1. The molecule has 0 aromatic heterocycles. The highest BCUT2D eigenvalue weighted by molar-refractivity contribution is 9.10. The minimum Gasteiger partial charge on any atom is -0.497 e. The van der Waals surface area contributed by atoms with Gasteiger partial charge in [0.25, 0.3) is 5.91 Å². The number of carbonyl (C=O) groups is 1. The molecule has 4 aromatic carbocycles. The molecule has 1 aliphatic heterocycles.